The van der Waals surface area contributed by atoms with Crippen LogP contribution in [0.1, 0.15) is 31.3 Å². The molecule has 0 aliphatic carbocycles. The van der Waals surface area contributed by atoms with Crippen molar-refractivity contribution in [1.82, 2.24) is 10.3 Å². The van der Waals surface area contributed by atoms with Crippen LogP contribution in [0, 0.1) is 0 Å². The number of nitrogens with one attached hydrogen (secondary N) is 1. The lowest BCUT2D eigenvalue weighted by Crippen LogP contribution is -2.16. The van der Waals surface area contributed by atoms with Gasteiger partial charge < -0.3 is 5.32 Å². The molecule has 0 radical (unpaired) electrons. The molecule has 4 heteroatoms. The van der Waals surface area contributed by atoms with E-state index in [1.165, 1.54) is 10.6 Å². The molecule has 19 heavy (non-hydrogen) atoms. The van der Waals surface area contributed by atoms with Crippen LogP contribution in [0.5, 0.6) is 0 Å². The molecule has 102 valence electrons. The van der Waals surface area contributed by atoms with E-state index in [-0.39, 0.29) is 5.41 Å². The Morgan fingerprint density at radius 1 is 1.32 bits per heavy atom. The number of nitrogens with zero attached hydrogens (tertiary/aromatic N) is 1. The highest BCUT2D eigenvalue weighted by atomic mass is 35.5. The SMILES string of the molecule is CNCc1sc(-c2cccc(Cl)c2)nc1C(C)(C)C. The van der Waals surface area contributed by atoms with Gasteiger partial charge >= 0.3 is 0 Å². The van der Waals surface area contributed by atoms with Crippen LogP contribution in [-0.4, -0.2) is 12.0 Å². The Labute approximate surface area is 123 Å². The lowest BCUT2D eigenvalue weighted by Gasteiger charge is -2.17. The first kappa shape index (κ1) is 14.5. The molecule has 0 spiro atoms. The summed E-state index contributed by atoms with van der Waals surface area (Å²) in [5.41, 5.74) is 2.31. The second-order valence-electron chi connectivity index (χ2n) is 5.58. The van der Waals surface area contributed by atoms with E-state index in [1.807, 2.05) is 25.2 Å². The van der Waals surface area contributed by atoms with Crippen LogP contribution in [0.25, 0.3) is 10.6 Å². The Hall–Kier alpha value is -0.900. The van der Waals surface area contributed by atoms with Crippen molar-refractivity contribution in [3.63, 3.8) is 0 Å². The topological polar surface area (TPSA) is 24.9 Å². The molecule has 0 saturated carbocycles. The van der Waals surface area contributed by atoms with Crippen LogP contribution in [0.4, 0.5) is 0 Å². The van der Waals surface area contributed by atoms with E-state index in [0.29, 0.717) is 0 Å². The molecule has 0 aliphatic rings. The number of hydrogen-bond donors (Lipinski definition) is 1. The Bertz CT molecular complexity index is 570. The smallest absolute Gasteiger partial charge is 0.123 e. The maximum absolute atomic E-state index is 6.06. The van der Waals surface area contributed by atoms with Gasteiger partial charge in [0.05, 0.1) is 5.69 Å². The lowest BCUT2D eigenvalue weighted by molar-refractivity contribution is 0.563. The van der Waals surface area contributed by atoms with Crippen LogP contribution >= 0.6 is 22.9 Å². The first-order valence-corrected chi connectivity index (χ1v) is 7.52. The molecule has 1 N–H and O–H groups in total. The van der Waals surface area contributed by atoms with Crippen LogP contribution in [0.2, 0.25) is 5.02 Å². The summed E-state index contributed by atoms with van der Waals surface area (Å²) in [5, 5.41) is 5.01. The number of hydrogen-bond acceptors (Lipinski definition) is 3. The predicted octanol–water partition coefficient (Wildman–Crippen LogP) is 4.48. The van der Waals surface area contributed by atoms with Crippen LogP contribution < -0.4 is 5.32 Å². The van der Waals surface area contributed by atoms with Crippen molar-refractivity contribution in [1.29, 1.82) is 0 Å². The predicted molar refractivity (Wildman–Crippen MR) is 84.0 cm³/mol. The molecule has 0 unspecified atom stereocenters. The minimum atomic E-state index is 0.0551. The highest BCUT2D eigenvalue weighted by Crippen LogP contribution is 2.35. The second kappa shape index (κ2) is 5.61. The minimum absolute atomic E-state index is 0.0551. The highest BCUT2D eigenvalue weighted by Gasteiger charge is 2.23. The third kappa shape index (κ3) is 3.35. The van der Waals surface area contributed by atoms with Crippen LogP contribution in [0.15, 0.2) is 24.3 Å². The lowest BCUT2D eigenvalue weighted by atomic mass is 9.91. The van der Waals surface area contributed by atoms with Crippen molar-refractivity contribution < 1.29 is 0 Å². The number of benzene rings is 1. The van der Waals surface area contributed by atoms with Gasteiger partial charge in [0.2, 0.25) is 0 Å². The third-order valence-electron chi connectivity index (χ3n) is 2.82. The molecular weight excluding hydrogens is 276 g/mol. The van der Waals surface area contributed by atoms with Crippen molar-refractivity contribution in [3.05, 3.63) is 39.9 Å². The molecule has 0 amide bonds. The molecule has 2 rings (SSSR count). The first-order valence-electron chi connectivity index (χ1n) is 6.32. The molecule has 1 heterocycles. The second-order valence-corrected chi connectivity index (χ2v) is 7.10. The Morgan fingerprint density at radius 3 is 2.63 bits per heavy atom. The maximum atomic E-state index is 6.06. The zero-order chi connectivity index (χ0) is 14.0. The van der Waals surface area contributed by atoms with Crippen molar-refractivity contribution in [2.75, 3.05) is 7.05 Å². The standard InChI is InChI=1S/C15H19ClN2S/c1-15(2,3)13-12(9-17-4)19-14(18-13)10-6-5-7-11(16)8-10/h5-8,17H,9H2,1-4H3. The van der Waals surface area contributed by atoms with E-state index in [0.717, 1.165) is 22.1 Å². The molecule has 2 nitrogen and oxygen atoms in total. The zero-order valence-electron chi connectivity index (χ0n) is 11.7. The van der Waals surface area contributed by atoms with E-state index in [9.17, 15) is 0 Å². The summed E-state index contributed by atoms with van der Waals surface area (Å²) >= 11 is 7.80. The number of aromatic nitrogens is 1. The molecule has 0 bridgehead atoms. The fourth-order valence-electron chi connectivity index (χ4n) is 1.96. The van der Waals surface area contributed by atoms with Gasteiger partial charge in [-0.25, -0.2) is 4.98 Å². The van der Waals surface area contributed by atoms with E-state index >= 15 is 0 Å². The van der Waals surface area contributed by atoms with Crippen molar-refractivity contribution >= 4 is 22.9 Å². The summed E-state index contributed by atoms with van der Waals surface area (Å²) < 4.78 is 0. The average Bonchev–Trinajstić information content (AvgIpc) is 2.73. The monoisotopic (exact) mass is 294 g/mol. The van der Waals surface area contributed by atoms with Gasteiger partial charge in [-0.05, 0) is 19.2 Å². The third-order valence-corrected chi connectivity index (χ3v) is 4.16. The molecule has 2 aromatic rings. The fraction of sp³-hybridized carbons (Fsp3) is 0.400. The fourth-order valence-corrected chi connectivity index (χ4v) is 3.43. The summed E-state index contributed by atoms with van der Waals surface area (Å²) in [5.74, 6) is 0. The minimum Gasteiger partial charge on any atom is -0.315 e. The number of halogens is 1. The molecular formula is C15H19ClN2S. The van der Waals surface area contributed by atoms with Gasteiger partial charge in [0.25, 0.3) is 0 Å². The van der Waals surface area contributed by atoms with Gasteiger partial charge in [0.1, 0.15) is 5.01 Å². The summed E-state index contributed by atoms with van der Waals surface area (Å²) in [4.78, 5) is 6.13. The van der Waals surface area contributed by atoms with Crippen molar-refractivity contribution in [3.8, 4) is 10.6 Å². The largest absolute Gasteiger partial charge is 0.315 e. The van der Waals surface area contributed by atoms with Gasteiger partial charge in [0, 0.05) is 27.4 Å². The first-order chi connectivity index (χ1) is 8.91. The maximum Gasteiger partial charge on any atom is 0.123 e. The van der Waals surface area contributed by atoms with E-state index in [4.69, 9.17) is 16.6 Å². The Balaban J connectivity index is 2.48. The average molecular weight is 295 g/mol. The van der Waals surface area contributed by atoms with Crippen LogP contribution in [-0.2, 0) is 12.0 Å². The summed E-state index contributed by atoms with van der Waals surface area (Å²) in [6, 6.07) is 7.88. The van der Waals surface area contributed by atoms with Gasteiger partial charge in [-0.15, -0.1) is 11.3 Å². The Kier molecular flexibility index (Phi) is 4.29. The van der Waals surface area contributed by atoms with Gasteiger partial charge in [-0.2, -0.15) is 0 Å². The number of rotatable bonds is 3. The van der Waals surface area contributed by atoms with E-state index < -0.39 is 0 Å². The highest BCUT2D eigenvalue weighted by molar-refractivity contribution is 7.15. The van der Waals surface area contributed by atoms with Crippen molar-refractivity contribution in [2.45, 2.75) is 32.7 Å². The molecule has 0 saturated heterocycles. The molecule has 1 aromatic heterocycles. The van der Waals surface area contributed by atoms with Gasteiger partial charge in [-0.1, -0.05) is 44.5 Å². The molecule has 0 aliphatic heterocycles. The van der Waals surface area contributed by atoms with Crippen molar-refractivity contribution in [2.24, 2.45) is 0 Å². The summed E-state index contributed by atoms with van der Waals surface area (Å²) in [6.45, 7) is 7.44. The zero-order valence-corrected chi connectivity index (χ0v) is 13.3. The Morgan fingerprint density at radius 2 is 2.05 bits per heavy atom. The summed E-state index contributed by atoms with van der Waals surface area (Å²) in [7, 11) is 1.96. The van der Waals surface area contributed by atoms with E-state index in [2.05, 4.69) is 32.2 Å². The van der Waals surface area contributed by atoms with Gasteiger partial charge in [-0.3, -0.25) is 0 Å². The van der Waals surface area contributed by atoms with Crippen LogP contribution in [0.3, 0.4) is 0 Å². The molecule has 0 fully saturated rings. The summed E-state index contributed by atoms with van der Waals surface area (Å²) in [6.07, 6.45) is 0. The van der Waals surface area contributed by atoms with E-state index in [1.54, 1.807) is 11.3 Å². The quantitative estimate of drug-likeness (QED) is 0.903. The number of thiazole rings is 1. The molecule has 1 aromatic carbocycles. The normalized spacial score (nSPS) is 11.8. The molecule has 0 atom stereocenters. The van der Waals surface area contributed by atoms with Gasteiger partial charge in [0.15, 0.2) is 0 Å².